The van der Waals surface area contributed by atoms with Gasteiger partial charge >= 0.3 is 0 Å². The van der Waals surface area contributed by atoms with E-state index < -0.39 is 4.92 Å². The molecule has 28 heavy (non-hydrogen) atoms. The molecule has 7 nitrogen and oxygen atoms in total. The fourth-order valence-electron chi connectivity index (χ4n) is 3.49. The number of nitrogens with zero attached hydrogens (tertiary/aromatic N) is 2. The Balaban J connectivity index is 1.78. The highest BCUT2D eigenvalue weighted by Crippen LogP contribution is 2.31. The van der Waals surface area contributed by atoms with Crippen molar-refractivity contribution in [1.82, 2.24) is 4.90 Å². The highest BCUT2D eigenvalue weighted by atomic mass is 16.6. The van der Waals surface area contributed by atoms with E-state index in [1.807, 2.05) is 44.2 Å². The van der Waals surface area contributed by atoms with E-state index in [0.717, 1.165) is 12.0 Å². The summed E-state index contributed by atoms with van der Waals surface area (Å²) in [6, 6.07) is 14.3. The van der Waals surface area contributed by atoms with Crippen LogP contribution < -0.4 is 11.1 Å². The van der Waals surface area contributed by atoms with Gasteiger partial charge in [-0.05, 0) is 29.5 Å². The number of anilines is 1. The molecule has 1 aliphatic heterocycles. The van der Waals surface area contributed by atoms with E-state index in [2.05, 4.69) is 5.32 Å². The van der Waals surface area contributed by atoms with Gasteiger partial charge in [-0.1, -0.05) is 44.2 Å². The topological polar surface area (TPSA) is 102 Å². The average Bonchev–Trinajstić information content (AvgIpc) is 2.68. The Bertz CT molecular complexity index is 867. The normalized spacial score (nSPS) is 18.5. The summed E-state index contributed by atoms with van der Waals surface area (Å²) < 4.78 is 0. The third kappa shape index (κ3) is 4.31. The minimum absolute atomic E-state index is 0.0375. The number of nitrogens with one attached hydrogen (secondary N) is 1. The van der Waals surface area contributed by atoms with E-state index in [1.54, 1.807) is 17.0 Å². The number of piperidine rings is 1. The molecule has 3 rings (SSSR count). The molecule has 0 bridgehead atoms. The molecule has 1 atom stereocenters. The van der Waals surface area contributed by atoms with Crippen molar-refractivity contribution in [3.8, 4) is 0 Å². The predicted octanol–water partition coefficient (Wildman–Crippen LogP) is 3.41. The summed E-state index contributed by atoms with van der Waals surface area (Å²) in [5.74, 6) is -0.197. The van der Waals surface area contributed by atoms with Crippen LogP contribution in [0.25, 0.3) is 0 Å². The smallest absolute Gasteiger partial charge is 0.293 e. The molecule has 1 unspecified atom stereocenters. The maximum absolute atomic E-state index is 12.9. The van der Waals surface area contributed by atoms with Crippen LogP contribution in [-0.4, -0.2) is 34.9 Å². The van der Waals surface area contributed by atoms with Gasteiger partial charge in [0, 0.05) is 37.3 Å². The lowest BCUT2D eigenvalue weighted by atomic mass is 9.79. The lowest BCUT2D eigenvalue weighted by molar-refractivity contribution is -0.384. The second-order valence-corrected chi connectivity index (χ2v) is 7.94. The van der Waals surface area contributed by atoms with Gasteiger partial charge in [0.25, 0.3) is 11.6 Å². The molecule has 2 aromatic carbocycles. The number of nitro groups is 1. The number of hydrogen-bond acceptors (Lipinski definition) is 5. The Kier molecular flexibility index (Phi) is 5.65. The minimum atomic E-state index is -0.458. The summed E-state index contributed by atoms with van der Waals surface area (Å²) in [5.41, 5.74) is 7.59. The van der Waals surface area contributed by atoms with Crippen molar-refractivity contribution in [1.29, 1.82) is 0 Å². The van der Waals surface area contributed by atoms with Crippen LogP contribution in [0.2, 0.25) is 0 Å². The molecule has 0 radical (unpaired) electrons. The van der Waals surface area contributed by atoms with Gasteiger partial charge in [0.05, 0.1) is 4.92 Å². The lowest BCUT2D eigenvalue weighted by Gasteiger charge is -2.42. The fourth-order valence-corrected chi connectivity index (χ4v) is 3.49. The largest absolute Gasteiger partial charge is 0.375 e. The molecule has 1 saturated heterocycles. The maximum Gasteiger partial charge on any atom is 0.293 e. The molecule has 148 valence electrons. The Labute approximate surface area is 164 Å². The van der Waals surface area contributed by atoms with Crippen molar-refractivity contribution >= 4 is 17.3 Å². The van der Waals surface area contributed by atoms with Gasteiger partial charge < -0.3 is 16.0 Å². The van der Waals surface area contributed by atoms with Crippen molar-refractivity contribution in [3.05, 3.63) is 69.8 Å². The molecule has 0 aliphatic carbocycles. The standard InChI is InChI=1S/C21H26N4O3/c1-21(2)14-24(11-10-19(21)22)20(26)16-8-9-17(18(12-16)25(27)28)23-13-15-6-4-3-5-7-15/h3-9,12,19,23H,10-11,13-14,22H2,1-2H3. The summed E-state index contributed by atoms with van der Waals surface area (Å²) in [6.45, 7) is 5.64. The quantitative estimate of drug-likeness (QED) is 0.609. The van der Waals surface area contributed by atoms with Gasteiger partial charge in [0.15, 0.2) is 0 Å². The second kappa shape index (κ2) is 7.98. The molecule has 1 amide bonds. The van der Waals surface area contributed by atoms with E-state index in [-0.39, 0.29) is 23.1 Å². The number of nitrogens with two attached hydrogens (primary N) is 1. The van der Waals surface area contributed by atoms with Gasteiger partial charge in [-0.15, -0.1) is 0 Å². The molecule has 3 N–H and O–H groups in total. The van der Waals surface area contributed by atoms with E-state index in [4.69, 9.17) is 5.73 Å². The Morgan fingerprint density at radius 1 is 1.29 bits per heavy atom. The van der Waals surface area contributed by atoms with Crippen molar-refractivity contribution in [2.75, 3.05) is 18.4 Å². The van der Waals surface area contributed by atoms with Crippen LogP contribution in [0, 0.1) is 15.5 Å². The van der Waals surface area contributed by atoms with Crippen LogP contribution in [0.1, 0.15) is 36.2 Å². The van der Waals surface area contributed by atoms with Gasteiger partial charge in [-0.2, -0.15) is 0 Å². The molecular formula is C21H26N4O3. The number of nitro benzene ring substituents is 1. The zero-order valence-electron chi connectivity index (χ0n) is 16.2. The van der Waals surface area contributed by atoms with Crippen molar-refractivity contribution in [2.24, 2.45) is 11.1 Å². The van der Waals surface area contributed by atoms with Gasteiger partial charge in [-0.25, -0.2) is 0 Å². The first-order valence-corrected chi connectivity index (χ1v) is 9.39. The highest BCUT2D eigenvalue weighted by molar-refractivity contribution is 5.96. The third-order valence-electron chi connectivity index (χ3n) is 5.37. The van der Waals surface area contributed by atoms with Crippen LogP contribution in [0.4, 0.5) is 11.4 Å². The zero-order valence-corrected chi connectivity index (χ0v) is 16.2. The molecule has 2 aromatic rings. The number of likely N-dealkylation sites (tertiary alicyclic amines) is 1. The SMILES string of the molecule is CC1(C)CN(C(=O)c2ccc(NCc3ccccc3)c([N+](=O)[O-])c2)CCC1N. The number of carbonyl (C=O) groups excluding carboxylic acids is 1. The monoisotopic (exact) mass is 382 g/mol. The average molecular weight is 382 g/mol. The molecule has 1 heterocycles. The third-order valence-corrected chi connectivity index (χ3v) is 5.37. The van der Waals surface area contributed by atoms with Crippen LogP contribution >= 0.6 is 0 Å². The molecule has 0 spiro atoms. The molecule has 0 aromatic heterocycles. The molecule has 0 saturated carbocycles. The lowest BCUT2D eigenvalue weighted by Crippen LogP contribution is -2.54. The first-order valence-electron chi connectivity index (χ1n) is 9.39. The van der Waals surface area contributed by atoms with E-state index in [9.17, 15) is 14.9 Å². The Morgan fingerprint density at radius 2 is 2.00 bits per heavy atom. The van der Waals surface area contributed by atoms with Crippen molar-refractivity contribution in [2.45, 2.75) is 32.9 Å². The van der Waals surface area contributed by atoms with Crippen LogP contribution in [0.15, 0.2) is 48.5 Å². The number of benzene rings is 2. The van der Waals surface area contributed by atoms with Crippen molar-refractivity contribution < 1.29 is 9.72 Å². The Morgan fingerprint density at radius 3 is 2.64 bits per heavy atom. The zero-order chi connectivity index (χ0) is 20.3. The minimum Gasteiger partial charge on any atom is -0.375 e. The van der Waals surface area contributed by atoms with Crippen LogP contribution in [0.5, 0.6) is 0 Å². The van der Waals surface area contributed by atoms with E-state index in [0.29, 0.717) is 30.9 Å². The highest BCUT2D eigenvalue weighted by Gasteiger charge is 2.36. The first-order chi connectivity index (χ1) is 13.3. The number of rotatable bonds is 5. The summed E-state index contributed by atoms with van der Waals surface area (Å²) >= 11 is 0. The summed E-state index contributed by atoms with van der Waals surface area (Å²) in [6.07, 6.45) is 0.720. The molecular weight excluding hydrogens is 356 g/mol. The molecule has 1 aliphatic rings. The fraction of sp³-hybridized carbons (Fsp3) is 0.381. The predicted molar refractivity (Wildman–Crippen MR) is 109 cm³/mol. The van der Waals surface area contributed by atoms with E-state index >= 15 is 0 Å². The van der Waals surface area contributed by atoms with E-state index in [1.165, 1.54) is 6.07 Å². The van der Waals surface area contributed by atoms with Gasteiger partial charge in [-0.3, -0.25) is 14.9 Å². The number of carbonyl (C=O) groups is 1. The number of amides is 1. The number of hydrogen-bond donors (Lipinski definition) is 2. The van der Waals surface area contributed by atoms with Crippen LogP contribution in [-0.2, 0) is 6.54 Å². The van der Waals surface area contributed by atoms with Crippen LogP contribution in [0.3, 0.4) is 0 Å². The summed E-state index contributed by atoms with van der Waals surface area (Å²) in [5, 5.41) is 14.6. The summed E-state index contributed by atoms with van der Waals surface area (Å²) in [4.78, 5) is 25.7. The Hall–Kier alpha value is -2.93. The summed E-state index contributed by atoms with van der Waals surface area (Å²) in [7, 11) is 0. The molecule has 7 heteroatoms. The first kappa shape index (κ1) is 19.8. The second-order valence-electron chi connectivity index (χ2n) is 7.94. The molecule has 1 fully saturated rings. The van der Waals surface area contributed by atoms with Gasteiger partial charge in [0.2, 0.25) is 0 Å². The van der Waals surface area contributed by atoms with Crippen molar-refractivity contribution in [3.63, 3.8) is 0 Å². The van der Waals surface area contributed by atoms with Gasteiger partial charge in [0.1, 0.15) is 5.69 Å². The maximum atomic E-state index is 12.9.